The molecule has 3 heterocycles. The minimum absolute atomic E-state index is 0.893. The average Bonchev–Trinajstić information content (AvgIpc) is 3.96. The van der Waals surface area contributed by atoms with Gasteiger partial charge in [0.15, 0.2) is 8.07 Å². The second kappa shape index (κ2) is 13.2. The monoisotopic (exact) mass is 709 g/mol. The second-order valence-corrected chi connectivity index (χ2v) is 17.3. The van der Waals surface area contributed by atoms with Gasteiger partial charge in [-0.25, -0.2) is 9.97 Å². The molecule has 7 aromatic carbocycles. The van der Waals surface area contributed by atoms with E-state index < -0.39 is 8.07 Å². The van der Waals surface area contributed by atoms with Crippen molar-refractivity contribution in [3.8, 4) is 34.2 Å². The molecule has 5 nitrogen and oxygen atoms in total. The van der Waals surface area contributed by atoms with E-state index in [0.29, 0.717) is 0 Å². The van der Waals surface area contributed by atoms with Crippen molar-refractivity contribution in [2.24, 2.45) is 0 Å². The molecule has 0 bridgehead atoms. The Bertz CT molecular complexity index is 2680. The Labute approximate surface area is 315 Å². The van der Waals surface area contributed by atoms with Crippen LogP contribution in [0.1, 0.15) is 0 Å². The number of aromatic nitrogens is 4. The molecule has 6 heteroatoms. The van der Waals surface area contributed by atoms with E-state index in [-0.39, 0.29) is 0 Å². The second-order valence-electron chi connectivity index (χ2n) is 13.5. The zero-order chi connectivity index (χ0) is 35.9. The van der Waals surface area contributed by atoms with Crippen LogP contribution in [0.2, 0.25) is 0 Å². The largest absolute Gasteiger partial charge is 0.311 e. The number of hydrogen-bond donors (Lipinski definition) is 0. The first-order valence-corrected chi connectivity index (χ1v) is 20.2. The minimum Gasteiger partial charge on any atom is -0.311 e. The van der Waals surface area contributed by atoms with E-state index in [9.17, 15) is 0 Å². The minimum atomic E-state index is -2.84. The normalized spacial score (nSPS) is 12.9. The molecule has 1 aliphatic heterocycles. The van der Waals surface area contributed by atoms with Crippen molar-refractivity contribution < 1.29 is 0 Å². The number of imidazole rings is 2. The summed E-state index contributed by atoms with van der Waals surface area (Å²) in [7, 11) is -2.84. The Morgan fingerprint density at radius 1 is 0.370 bits per heavy atom. The fourth-order valence-electron chi connectivity index (χ4n) is 8.29. The standard InChI is InChI=1S/C48H35N5Si/c1-5-17-38(18-6-1)51-32-30-49-47(51)36-16-15-21-40(34-36)53-43-26-13-14-27-45(43)54(41-22-9-3-10-23-41,42-24-11-4-12-25-42)46-29-28-37(35-44(46)53)48-50-31-33-52(48)39-19-7-2-8-20-39/h1-35H. The summed E-state index contributed by atoms with van der Waals surface area (Å²) in [4.78, 5) is 12.3. The van der Waals surface area contributed by atoms with Crippen LogP contribution in [-0.4, -0.2) is 27.2 Å². The van der Waals surface area contributed by atoms with Gasteiger partial charge in [0.1, 0.15) is 11.6 Å². The third kappa shape index (κ3) is 5.07. The summed E-state index contributed by atoms with van der Waals surface area (Å²) < 4.78 is 4.33. The highest BCUT2D eigenvalue weighted by Crippen LogP contribution is 2.41. The van der Waals surface area contributed by atoms with Crippen LogP contribution in [-0.2, 0) is 0 Å². The lowest BCUT2D eigenvalue weighted by Gasteiger charge is -2.45. The molecule has 0 N–H and O–H groups in total. The molecule has 0 unspecified atom stereocenters. The molecule has 0 aliphatic carbocycles. The van der Waals surface area contributed by atoms with Crippen molar-refractivity contribution in [1.29, 1.82) is 0 Å². The maximum Gasteiger partial charge on any atom is 0.184 e. The zero-order valence-corrected chi connectivity index (χ0v) is 30.4. The molecule has 0 radical (unpaired) electrons. The van der Waals surface area contributed by atoms with Crippen molar-refractivity contribution in [3.63, 3.8) is 0 Å². The van der Waals surface area contributed by atoms with E-state index in [1.165, 1.54) is 26.4 Å². The van der Waals surface area contributed by atoms with Crippen LogP contribution in [0, 0.1) is 0 Å². The van der Waals surface area contributed by atoms with E-state index in [2.05, 4.69) is 190 Å². The topological polar surface area (TPSA) is 38.9 Å². The van der Waals surface area contributed by atoms with Crippen molar-refractivity contribution in [2.45, 2.75) is 0 Å². The first-order valence-electron chi connectivity index (χ1n) is 18.2. The van der Waals surface area contributed by atoms with E-state index in [4.69, 9.17) is 9.97 Å². The average molecular weight is 710 g/mol. The van der Waals surface area contributed by atoms with Crippen LogP contribution in [0.4, 0.5) is 17.1 Å². The van der Waals surface area contributed by atoms with Gasteiger partial charge in [-0.2, -0.15) is 0 Å². The Hall–Kier alpha value is -7.02. The molecule has 54 heavy (non-hydrogen) atoms. The van der Waals surface area contributed by atoms with Gasteiger partial charge in [-0.3, -0.25) is 9.13 Å². The summed E-state index contributed by atoms with van der Waals surface area (Å²) in [6.45, 7) is 0. The summed E-state index contributed by atoms with van der Waals surface area (Å²) in [5.41, 5.74) is 7.63. The number of rotatable bonds is 7. The van der Waals surface area contributed by atoms with Crippen molar-refractivity contribution in [2.75, 3.05) is 4.90 Å². The lowest BCUT2D eigenvalue weighted by molar-refractivity contribution is 1.07. The molecule has 10 rings (SSSR count). The maximum absolute atomic E-state index is 4.94. The number of fused-ring (bicyclic) bond motifs is 2. The van der Waals surface area contributed by atoms with Gasteiger partial charge in [0, 0.05) is 64.4 Å². The number of nitrogens with zero attached hydrogens (tertiary/aromatic N) is 5. The van der Waals surface area contributed by atoms with Crippen molar-refractivity contribution >= 4 is 45.9 Å². The van der Waals surface area contributed by atoms with Crippen LogP contribution in [0.3, 0.4) is 0 Å². The van der Waals surface area contributed by atoms with Gasteiger partial charge in [-0.05, 0) is 69.3 Å². The van der Waals surface area contributed by atoms with E-state index in [1.807, 2.05) is 36.9 Å². The smallest absolute Gasteiger partial charge is 0.184 e. The highest BCUT2D eigenvalue weighted by Gasteiger charge is 2.49. The highest BCUT2D eigenvalue weighted by molar-refractivity contribution is 7.21. The van der Waals surface area contributed by atoms with Gasteiger partial charge < -0.3 is 4.90 Å². The molecule has 0 fully saturated rings. The quantitative estimate of drug-likeness (QED) is 0.156. The molecule has 2 aromatic heterocycles. The molecule has 0 saturated carbocycles. The zero-order valence-electron chi connectivity index (χ0n) is 29.4. The first-order chi connectivity index (χ1) is 26.8. The molecule has 1 aliphatic rings. The molecular weight excluding hydrogens is 675 g/mol. The van der Waals surface area contributed by atoms with Crippen LogP contribution >= 0.6 is 0 Å². The van der Waals surface area contributed by atoms with Crippen LogP contribution in [0.15, 0.2) is 213 Å². The number of hydrogen-bond acceptors (Lipinski definition) is 3. The van der Waals surface area contributed by atoms with Crippen LogP contribution < -0.4 is 25.6 Å². The molecule has 256 valence electrons. The Morgan fingerprint density at radius 2 is 0.852 bits per heavy atom. The van der Waals surface area contributed by atoms with Crippen molar-refractivity contribution in [1.82, 2.24) is 19.1 Å². The molecule has 0 amide bonds. The fraction of sp³-hybridized carbons (Fsp3) is 0. The predicted octanol–water partition coefficient (Wildman–Crippen LogP) is 8.55. The van der Waals surface area contributed by atoms with Crippen molar-refractivity contribution in [3.05, 3.63) is 213 Å². The summed E-state index contributed by atoms with van der Waals surface area (Å²) in [6, 6.07) is 68.0. The Kier molecular flexibility index (Phi) is 7.74. The predicted molar refractivity (Wildman–Crippen MR) is 223 cm³/mol. The molecule has 0 spiro atoms. The molecule has 0 saturated heterocycles. The first kappa shape index (κ1) is 31.7. The van der Waals surface area contributed by atoms with Gasteiger partial charge in [0.05, 0.1) is 0 Å². The summed E-state index contributed by atoms with van der Waals surface area (Å²) in [5, 5.41) is 5.38. The van der Waals surface area contributed by atoms with Gasteiger partial charge >= 0.3 is 0 Å². The number of benzene rings is 7. The number of anilines is 3. The van der Waals surface area contributed by atoms with Crippen LogP contribution in [0.25, 0.3) is 34.2 Å². The van der Waals surface area contributed by atoms with E-state index >= 15 is 0 Å². The van der Waals surface area contributed by atoms with Gasteiger partial charge in [-0.1, -0.05) is 140 Å². The summed E-state index contributed by atoms with van der Waals surface area (Å²) in [5.74, 6) is 1.79. The Morgan fingerprint density at radius 3 is 1.44 bits per heavy atom. The van der Waals surface area contributed by atoms with Gasteiger partial charge in [-0.15, -0.1) is 0 Å². The van der Waals surface area contributed by atoms with E-state index in [1.54, 1.807) is 0 Å². The summed E-state index contributed by atoms with van der Waals surface area (Å²) >= 11 is 0. The SMILES string of the molecule is c1ccc(-n2ccnc2-c2cccc(N3c4ccccc4[Si](c4ccccc4)(c4ccccc4)c4ccc(-c5nccn5-c5ccccc5)cc43)c2)cc1. The summed E-state index contributed by atoms with van der Waals surface area (Å²) in [6.07, 6.45) is 7.84. The molecule has 9 aromatic rings. The molecular formula is C48H35N5Si. The third-order valence-electron chi connectivity index (χ3n) is 10.6. The van der Waals surface area contributed by atoms with Gasteiger partial charge in [0.25, 0.3) is 0 Å². The third-order valence-corrected chi connectivity index (χ3v) is 15.4. The lowest BCUT2D eigenvalue weighted by atomic mass is 10.1. The highest BCUT2D eigenvalue weighted by atomic mass is 28.3. The molecule has 0 atom stereocenters. The Balaban J connectivity index is 1.25. The lowest BCUT2D eigenvalue weighted by Crippen LogP contribution is -2.77. The van der Waals surface area contributed by atoms with Crippen LogP contribution in [0.5, 0.6) is 0 Å². The fourth-order valence-corrected chi connectivity index (χ4v) is 13.4. The number of para-hydroxylation sites is 3. The maximum atomic E-state index is 4.94. The van der Waals surface area contributed by atoms with E-state index in [0.717, 1.165) is 45.5 Å². The van der Waals surface area contributed by atoms with Gasteiger partial charge in [0.2, 0.25) is 0 Å².